The summed E-state index contributed by atoms with van der Waals surface area (Å²) in [6, 6.07) is 7.74. The van der Waals surface area contributed by atoms with Gasteiger partial charge in [-0.15, -0.1) is 11.8 Å². The third-order valence-corrected chi connectivity index (χ3v) is 2.98. The molecule has 3 heteroatoms. The van der Waals surface area contributed by atoms with Crippen molar-refractivity contribution in [2.45, 2.75) is 17.6 Å². The van der Waals surface area contributed by atoms with Crippen LogP contribution in [-0.4, -0.2) is 19.9 Å². The highest BCUT2D eigenvalue weighted by Crippen LogP contribution is 2.22. The molecule has 1 rings (SSSR count). The number of hydrogen-bond donors (Lipinski definition) is 0. The van der Waals surface area contributed by atoms with E-state index in [2.05, 4.69) is 7.85 Å². The maximum atomic E-state index is 10.6. The van der Waals surface area contributed by atoms with E-state index in [1.807, 2.05) is 24.3 Å². The first-order chi connectivity index (χ1) is 6.38. The summed E-state index contributed by atoms with van der Waals surface area (Å²) in [6.07, 6.45) is 3.34. The Morgan fingerprint density at radius 2 is 2.15 bits per heavy atom. The van der Waals surface area contributed by atoms with Crippen LogP contribution in [0.4, 0.5) is 0 Å². The molecule has 0 aromatic heterocycles. The van der Waals surface area contributed by atoms with E-state index in [1.165, 1.54) is 12.7 Å². The summed E-state index contributed by atoms with van der Waals surface area (Å²) in [6.45, 7) is 0. The standard InChI is InChI=1S/C10H13BOS/c11-6-3-7-13-10-5-2-1-4-9(10)8-12/h1-2,4-5,8H,3,6-7,11H2. The summed E-state index contributed by atoms with van der Waals surface area (Å²) < 4.78 is 0. The van der Waals surface area contributed by atoms with E-state index in [4.69, 9.17) is 0 Å². The normalized spacial score (nSPS) is 9.85. The van der Waals surface area contributed by atoms with Crippen molar-refractivity contribution in [3.05, 3.63) is 29.8 Å². The van der Waals surface area contributed by atoms with Crippen LogP contribution >= 0.6 is 11.8 Å². The number of rotatable bonds is 5. The van der Waals surface area contributed by atoms with Gasteiger partial charge in [0.05, 0.1) is 0 Å². The molecule has 0 saturated carbocycles. The maximum absolute atomic E-state index is 10.6. The van der Waals surface area contributed by atoms with E-state index in [0.717, 1.165) is 22.5 Å². The summed E-state index contributed by atoms with van der Waals surface area (Å²) in [5.74, 6) is 1.10. The highest BCUT2D eigenvalue weighted by molar-refractivity contribution is 7.99. The predicted molar refractivity (Wildman–Crippen MR) is 60.5 cm³/mol. The van der Waals surface area contributed by atoms with Gasteiger partial charge in [0.2, 0.25) is 0 Å². The third-order valence-electron chi connectivity index (χ3n) is 1.80. The van der Waals surface area contributed by atoms with Crippen LogP contribution in [0.2, 0.25) is 6.32 Å². The van der Waals surface area contributed by atoms with Crippen molar-refractivity contribution in [1.82, 2.24) is 0 Å². The smallest absolute Gasteiger partial charge is 0.151 e. The minimum atomic E-state index is 0.809. The molecule has 0 atom stereocenters. The molecule has 0 aliphatic heterocycles. The van der Waals surface area contributed by atoms with Gasteiger partial charge in [-0.2, -0.15) is 0 Å². The largest absolute Gasteiger partial charge is 0.298 e. The van der Waals surface area contributed by atoms with Crippen molar-refractivity contribution < 1.29 is 4.79 Å². The van der Waals surface area contributed by atoms with Crippen LogP contribution < -0.4 is 0 Å². The van der Waals surface area contributed by atoms with Crippen LogP contribution in [0.1, 0.15) is 16.8 Å². The minimum absolute atomic E-state index is 0.809. The summed E-state index contributed by atoms with van der Waals surface area (Å²) in [4.78, 5) is 11.7. The van der Waals surface area contributed by atoms with Crippen molar-refractivity contribution in [3.63, 3.8) is 0 Å². The zero-order valence-corrected chi connectivity index (χ0v) is 8.64. The first-order valence-electron chi connectivity index (χ1n) is 4.55. The monoisotopic (exact) mass is 192 g/mol. The maximum Gasteiger partial charge on any atom is 0.151 e. The van der Waals surface area contributed by atoms with Crippen LogP contribution in [0.15, 0.2) is 29.2 Å². The fourth-order valence-corrected chi connectivity index (χ4v) is 2.15. The van der Waals surface area contributed by atoms with Crippen LogP contribution in [0.3, 0.4) is 0 Å². The Bertz CT molecular complexity index is 275. The van der Waals surface area contributed by atoms with Crippen LogP contribution in [-0.2, 0) is 0 Å². The van der Waals surface area contributed by atoms with Crippen LogP contribution in [0.25, 0.3) is 0 Å². The van der Waals surface area contributed by atoms with E-state index >= 15 is 0 Å². The van der Waals surface area contributed by atoms with Gasteiger partial charge >= 0.3 is 0 Å². The van der Waals surface area contributed by atoms with Gasteiger partial charge in [-0.05, 0) is 11.8 Å². The van der Waals surface area contributed by atoms with Crippen LogP contribution in [0.5, 0.6) is 0 Å². The Labute approximate surface area is 84.3 Å². The third kappa shape index (κ3) is 3.27. The Kier molecular flexibility index (Phi) is 4.69. The Hall–Kier alpha value is -0.695. The first kappa shape index (κ1) is 10.4. The van der Waals surface area contributed by atoms with Gasteiger partial charge < -0.3 is 0 Å². The average molecular weight is 192 g/mol. The molecule has 0 aliphatic carbocycles. The molecule has 0 spiro atoms. The molecule has 0 saturated heterocycles. The molecule has 1 nitrogen and oxygen atoms in total. The minimum Gasteiger partial charge on any atom is -0.298 e. The van der Waals surface area contributed by atoms with Crippen molar-refractivity contribution in [1.29, 1.82) is 0 Å². The molecular formula is C10H13BOS. The number of carbonyl (C=O) groups is 1. The summed E-state index contributed by atoms with van der Waals surface area (Å²) in [5, 5.41) is 0. The second kappa shape index (κ2) is 5.87. The van der Waals surface area contributed by atoms with Gasteiger partial charge in [-0.25, -0.2) is 0 Å². The number of benzene rings is 1. The molecule has 0 N–H and O–H groups in total. The summed E-state index contributed by atoms with van der Waals surface area (Å²) in [7, 11) is 2.17. The SMILES string of the molecule is BCCCSc1ccccc1C=O. The molecule has 68 valence electrons. The number of carbonyl (C=O) groups excluding carboxylic acids is 1. The number of hydrogen-bond acceptors (Lipinski definition) is 2. The highest BCUT2D eigenvalue weighted by Gasteiger charge is 1.99. The molecular weight excluding hydrogens is 179 g/mol. The number of thioether (sulfide) groups is 1. The lowest BCUT2D eigenvalue weighted by molar-refractivity contribution is 0.112. The zero-order valence-electron chi connectivity index (χ0n) is 7.82. The molecule has 0 heterocycles. The highest BCUT2D eigenvalue weighted by atomic mass is 32.2. The molecule has 0 fully saturated rings. The van der Waals surface area contributed by atoms with Gasteiger partial charge in [-0.1, -0.05) is 30.9 Å². The second-order valence-electron chi connectivity index (χ2n) is 2.86. The zero-order chi connectivity index (χ0) is 9.52. The Morgan fingerprint density at radius 1 is 1.38 bits per heavy atom. The Morgan fingerprint density at radius 3 is 2.85 bits per heavy atom. The number of aldehydes is 1. The molecule has 0 radical (unpaired) electrons. The van der Waals surface area contributed by atoms with E-state index in [-0.39, 0.29) is 0 Å². The predicted octanol–water partition coefficient (Wildman–Crippen LogP) is 2.03. The average Bonchev–Trinajstić information content (AvgIpc) is 2.19. The molecule has 0 aliphatic rings. The molecule has 1 aromatic carbocycles. The van der Waals surface area contributed by atoms with Gasteiger partial charge in [-0.3, -0.25) is 4.79 Å². The fourth-order valence-electron chi connectivity index (χ4n) is 1.04. The van der Waals surface area contributed by atoms with E-state index < -0.39 is 0 Å². The quantitative estimate of drug-likeness (QED) is 0.307. The van der Waals surface area contributed by atoms with Gasteiger partial charge in [0.15, 0.2) is 6.29 Å². The fraction of sp³-hybridized carbons (Fsp3) is 0.300. The van der Waals surface area contributed by atoms with Gasteiger partial charge in [0, 0.05) is 10.5 Å². The van der Waals surface area contributed by atoms with Crippen LogP contribution in [0, 0.1) is 0 Å². The lowest BCUT2D eigenvalue weighted by atomic mass is 10.0. The van der Waals surface area contributed by atoms with E-state index in [0.29, 0.717) is 0 Å². The van der Waals surface area contributed by atoms with Crippen molar-refractivity contribution in [2.75, 3.05) is 5.75 Å². The van der Waals surface area contributed by atoms with Gasteiger partial charge in [0.25, 0.3) is 0 Å². The lowest BCUT2D eigenvalue weighted by Gasteiger charge is -2.02. The molecule has 0 unspecified atom stereocenters. The van der Waals surface area contributed by atoms with Crippen molar-refractivity contribution in [3.8, 4) is 0 Å². The summed E-state index contributed by atoms with van der Waals surface area (Å²) in [5.41, 5.74) is 0.809. The van der Waals surface area contributed by atoms with Gasteiger partial charge in [0.1, 0.15) is 7.85 Å². The molecule has 1 aromatic rings. The van der Waals surface area contributed by atoms with Crippen molar-refractivity contribution >= 4 is 25.9 Å². The first-order valence-corrected chi connectivity index (χ1v) is 5.54. The van der Waals surface area contributed by atoms with E-state index in [1.54, 1.807) is 11.8 Å². The lowest BCUT2D eigenvalue weighted by Crippen LogP contribution is -1.86. The molecule has 13 heavy (non-hydrogen) atoms. The molecule has 0 amide bonds. The molecule has 0 bridgehead atoms. The Balaban J connectivity index is 2.59. The van der Waals surface area contributed by atoms with Crippen molar-refractivity contribution in [2.24, 2.45) is 0 Å². The second-order valence-corrected chi connectivity index (χ2v) is 3.99. The van der Waals surface area contributed by atoms with E-state index in [9.17, 15) is 4.79 Å². The topological polar surface area (TPSA) is 17.1 Å². The summed E-state index contributed by atoms with van der Waals surface area (Å²) >= 11 is 1.76.